The Labute approximate surface area is 138 Å². The van der Waals surface area contributed by atoms with Crippen LogP contribution in [0.1, 0.15) is 30.5 Å². The molecule has 1 atom stereocenters. The summed E-state index contributed by atoms with van der Waals surface area (Å²) >= 11 is 1.54. The lowest BCUT2D eigenvalue weighted by molar-refractivity contribution is -0.122. The number of carbonyl (C=O) groups excluding carboxylic acids is 1. The molecule has 23 heavy (non-hydrogen) atoms. The van der Waals surface area contributed by atoms with Gasteiger partial charge >= 0.3 is 0 Å². The molecule has 1 amide bonds. The summed E-state index contributed by atoms with van der Waals surface area (Å²) in [5.41, 5.74) is -0.143. The fourth-order valence-corrected chi connectivity index (χ4v) is 3.76. The predicted molar refractivity (Wildman–Crippen MR) is 90.0 cm³/mol. The Balaban J connectivity index is 1.76. The summed E-state index contributed by atoms with van der Waals surface area (Å²) < 4.78 is 6.92. The van der Waals surface area contributed by atoms with Crippen molar-refractivity contribution < 1.29 is 9.53 Å². The maximum absolute atomic E-state index is 12.6. The Hall–Kier alpha value is -1.73. The standard InChI is InChI=1S/C16H21N3O3S/c1-3-12-7-13-15(23-12)18-10(2)19(16(13)21)9-14(20)17-8-11-5-4-6-22-11/h7,11H,3-6,8-9H2,1-2H3,(H,17,20)/t11-/m1/s1. The van der Waals surface area contributed by atoms with Gasteiger partial charge in [0.25, 0.3) is 5.56 Å². The number of hydrogen-bond donors (Lipinski definition) is 1. The number of rotatable bonds is 5. The third kappa shape index (κ3) is 3.45. The SMILES string of the molecule is CCc1cc2c(=O)n(CC(=O)NC[C@H]3CCCO3)c(C)nc2s1. The van der Waals surface area contributed by atoms with E-state index in [1.165, 1.54) is 15.9 Å². The highest BCUT2D eigenvalue weighted by molar-refractivity contribution is 7.18. The number of thiophene rings is 1. The van der Waals surface area contributed by atoms with Gasteiger partial charge in [-0.3, -0.25) is 14.2 Å². The lowest BCUT2D eigenvalue weighted by atomic mass is 10.2. The molecule has 124 valence electrons. The van der Waals surface area contributed by atoms with Gasteiger partial charge in [-0.25, -0.2) is 4.98 Å². The summed E-state index contributed by atoms with van der Waals surface area (Å²) in [6.07, 6.45) is 2.99. The second-order valence-electron chi connectivity index (χ2n) is 5.77. The molecule has 1 fully saturated rings. The number of aromatic nitrogens is 2. The van der Waals surface area contributed by atoms with Gasteiger partial charge in [0, 0.05) is 18.0 Å². The average molecular weight is 335 g/mol. The van der Waals surface area contributed by atoms with E-state index in [0.717, 1.165) is 35.6 Å². The number of fused-ring (bicyclic) bond motifs is 1. The van der Waals surface area contributed by atoms with Crippen LogP contribution < -0.4 is 10.9 Å². The zero-order valence-corrected chi connectivity index (χ0v) is 14.2. The minimum atomic E-state index is -0.183. The molecule has 1 aliphatic rings. The van der Waals surface area contributed by atoms with Gasteiger partial charge in [-0.1, -0.05) is 6.92 Å². The van der Waals surface area contributed by atoms with E-state index in [4.69, 9.17) is 4.74 Å². The zero-order valence-electron chi connectivity index (χ0n) is 13.4. The van der Waals surface area contributed by atoms with Crippen LogP contribution in [0, 0.1) is 6.92 Å². The van der Waals surface area contributed by atoms with Crippen molar-refractivity contribution in [2.24, 2.45) is 0 Å². The molecule has 6 nitrogen and oxygen atoms in total. The van der Waals surface area contributed by atoms with E-state index < -0.39 is 0 Å². The molecule has 0 aliphatic carbocycles. The van der Waals surface area contributed by atoms with Gasteiger partial charge < -0.3 is 10.1 Å². The zero-order chi connectivity index (χ0) is 16.4. The number of carbonyl (C=O) groups is 1. The van der Waals surface area contributed by atoms with Gasteiger partial charge in [0.2, 0.25) is 5.91 Å². The van der Waals surface area contributed by atoms with Gasteiger partial charge in [0.1, 0.15) is 17.2 Å². The molecule has 7 heteroatoms. The van der Waals surface area contributed by atoms with Crippen LogP contribution in [0.3, 0.4) is 0 Å². The van der Waals surface area contributed by atoms with Crippen molar-refractivity contribution in [2.45, 2.75) is 45.8 Å². The Morgan fingerprint density at radius 3 is 3.09 bits per heavy atom. The average Bonchev–Trinajstić information content (AvgIpc) is 3.18. The van der Waals surface area contributed by atoms with Crippen LogP contribution in [0.15, 0.2) is 10.9 Å². The highest BCUT2D eigenvalue weighted by Gasteiger charge is 2.17. The van der Waals surface area contributed by atoms with E-state index in [2.05, 4.69) is 17.2 Å². The van der Waals surface area contributed by atoms with Crippen LogP contribution in [-0.2, 0) is 22.5 Å². The van der Waals surface area contributed by atoms with Crippen molar-refractivity contribution in [1.29, 1.82) is 0 Å². The van der Waals surface area contributed by atoms with Gasteiger partial charge in [-0.2, -0.15) is 0 Å². The highest BCUT2D eigenvalue weighted by atomic mass is 32.1. The van der Waals surface area contributed by atoms with E-state index in [-0.39, 0.29) is 24.1 Å². The molecule has 1 N–H and O–H groups in total. The number of nitrogens with zero attached hydrogens (tertiary/aromatic N) is 2. The third-order valence-electron chi connectivity index (χ3n) is 4.09. The van der Waals surface area contributed by atoms with E-state index in [0.29, 0.717) is 17.8 Å². The molecule has 1 aliphatic heterocycles. The number of amides is 1. The van der Waals surface area contributed by atoms with Gasteiger partial charge in [-0.15, -0.1) is 11.3 Å². The smallest absolute Gasteiger partial charge is 0.262 e. The maximum Gasteiger partial charge on any atom is 0.262 e. The van der Waals surface area contributed by atoms with Crippen molar-refractivity contribution in [3.8, 4) is 0 Å². The lowest BCUT2D eigenvalue weighted by Gasteiger charge is -2.12. The van der Waals surface area contributed by atoms with E-state index >= 15 is 0 Å². The highest BCUT2D eigenvalue weighted by Crippen LogP contribution is 2.21. The van der Waals surface area contributed by atoms with Crippen molar-refractivity contribution >= 4 is 27.5 Å². The number of aryl methyl sites for hydroxylation is 2. The molecule has 3 heterocycles. The molecule has 0 radical (unpaired) electrons. The molecule has 0 bridgehead atoms. The Morgan fingerprint density at radius 2 is 2.39 bits per heavy atom. The summed E-state index contributed by atoms with van der Waals surface area (Å²) in [6.45, 7) is 5.07. The first-order valence-corrected chi connectivity index (χ1v) is 8.78. The van der Waals surface area contributed by atoms with E-state index in [9.17, 15) is 9.59 Å². The summed E-state index contributed by atoms with van der Waals surface area (Å²) in [5.74, 6) is 0.386. The van der Waals surface area contributed by atoms with E-state index in [1.54, 1.807) is 6.92 Å². The van der Waals surface area contributed by atoms with Crippen LogP contribution in [-0.4, -0.2) is 34.7 Å². The summed E-state index contributed by atoms with van der Waals surface area (Å²) in [6, 6.07) is 1.88. The first kappa shape index (κ1) is 16.1. The Bertz CT molecular complexity index is 775. The first-order valence-electron chi connectivity index (χ1n) is 7.96. The van der Waals surface area contributed by atoms with Crippen molar-refractivity contribution in [2.75, 3.05) is 13.2 Å². The predicted octanol–water partition coefficient (Wildman–Crippen LogP) is 1.62. The van der Waals surface area contributed by atoms with Crippen molar-refractivity contribution in [1.82, 2.24) is 14.9 Å². The lowest BCUT2D eigenvalue weighted by Crippen LogP contribution is -2.37. The monoisotopic (exact) mass is 335 g/mol. The minimum Gasteiger partial charge on any atom is -0.376 e. The molecule has 0 spiro atoms. The molecule has 1 saturated heterocycles. The maximum atomic E-state index is 12.6. The fraction of sp³-hybridized carbons (Fsp3) is 0.562. The number of hydrogen-bond acceptors (Lipinski definition) is 5. The molecule has 0 saturated carbocycles. The Morgan fingerprint density at radius 1 is 1.57 bits per heavy atom. The normalized spacial score (nSPS) is 17.7. The molecule has 2 aromatic heterocycles. The largest absolute Gasteiger partial charge is 0.376 e. The van der Waals surface area contributed by atoms with Crippen LogP contribution >= 0.6 is 11.3 Å². The molecule has 0 aromatic carbocycles. The van der Waals surface area contributed by atoms with Crippen molar-refractivity contribution in [3.05, 3.63) is 27.1 Å². The van der Waals surface area contributed by atoms with Crippen LogP contribution in [0.25, 0.3) is 10.2 Å². The van der Waals surface area contributed by atoms with Gasteiger partial charge in [0.15, 0.2) is 0 Å². The Kier molecular flexibility index (Phi) is 4.77. The van der Waals surface area contributed by atoms with Crippen LogP contribution in [0.4, 0.5) is 0 Å². The van der Waals surface area contributed by atoms with Gasteiger partial charge in [0.05, 0.1) is 11.5 Å². The molecular formula is C16H21N3O3S. The molecule has 2 aromatic rings. The summed E-state index contributed by atoms with van der Waals surface area (Å²) in [4.78, 5) is 31.1. The molecule has 0 unspecified atom stereocenters. The fourth-order valence-electron chi connectivity index (χ4n) is 2.76. The quantitative estimate of drug-likeness (QED) is 0.901. The van der Waals surface area contributed by atoms with E-state index in [1.807, 2.05) is 6.07 Å². The topological polar surface area (TPSA) is 73.2 Å². The second-order valence-corrected chi connectivity index (χ2v) is 6.89. The third-order valence-corrected chi connectivity index (χ3v) is 5.27. The van der Waals surface area contributed by atoms with Crippen molar-refractivity contribution in [3.63, 3.8) is 0 Å². The summed E-state index contributed by atoms with van der Waals surface area (Å²) in [7, 11) is 0. The molecular weight excluding hydrogens is 314 g/mol. The van der Waals surface area contributed by atoms with Crippen LogP contribution in [0.5, 0.6) is 0 Å². The second kappa shape index (κ2) is 6.80. The number of nitrogens with one attached hydrogen (secondary N) is 1. The minimum absolute atomic E-state index is 0.00235. The summed E-state index contributed by atoms with van der Waals surface area (Å²) in [5, 5.41) is 3.44. The van der Waals surface area contributed by atoms with Gasteiger partial charge in [-0.05, 0) is 32.3 Å². The first-order chi connectivity index (χ1) is 11.1. The van der Waals surface area contributed by atoms with Crippen LogP contribution in [0.2, 0.25) is 0 Å². The molecule has 3 rings (SSSR count). The number of ether oxygens (including phenoxy) is 1.